The van der Waals surface area contributed by atoms with Gasteiger partial charge in [-0.1, -0.05) is 27.7 Å². The molecule has 1 heterocycles. The summed E-state index contributed by atoms with van der Waals surface area (Å²) in [6.45, 7) is 15.0. The number of rotatable bonds is 6. The standard InChI is InChI=1S/C16H28N4/c1-7-17-14-11(4)15(20-13(19-14)10(2)3)18-9-12-8-16(12,5)6/h10,12H,7-9H2,1-6H3,(H2,17,18,19,20). The molecule has 0 saturated heterocycles. The summed E-state index contributed by atoms with van der Waals surface area (Å²) in [4.78, 5) is 9.33. The molecule has 112 valence electrons. The van der Waals surface area contributed by atoms with E-state index in [-0.39, 0.29) is 0 Å². The summed E-state index contributed by atoms with van der Waals surface area (Å²) in [5, 5.41) is 6.87. The smallest absolute Gasteiger partial charge is 0.135 e. The van der Waals surface area contributed by atoms with E-state index in [0.29, 0.717) is 11.3 Å². The second kappa shape index (κ2) is 5.58. The lowest BCUT2D eigenvalue weighted by atomic mass is 10.1. The van der Waals surface area contributed by atoms with Crippen molar-refractivity contribution in [1.82, 2.24) is 9.97 Å². The summed E-state index contributed by atoms with van der Waals surface area (Å²) in [5.41, 5.74) is 1.62. The van der Waals surface area contributed by atoms with Crippen LogP contribution in [0.1, 0.15) is 58.3 Å². The number of aromatic nitrogens is 2. The van der Waals surface area contributed by atoms with Gasteiger partial charge in [-0.05, 0) is 31.6 Å². The average molecular weight is 276 g/mol. The summed E-state index contributed by atoms with van der Waals surface area (Å²) in [5.74, 6) is 3.96. The lowest BCUT2D eigenvalue weighted by Gasteiger charge is -2.16. The Morgan fingerprint density at radius 3 is 2.20 bits per heavy atom. The Balaban J connectivity index is 2.17. The van der Waals surface area contributed by atoms with Crippen LogP contribution in [-0.2, 0) is 0 Å². The molecular weight excluding hydrogens is 248 g/mol. The van der Waals surface area contributed by atoms with E-state index in [1.54, 1.807) is 0 Å². The van der Waals surface area contributed by atoms with Crippen LogP contribution >= 0.6 is 0 Å². The van der Waals surface area contributed by atoms with Crippen molar-refractivity contribution in [2.45, 2.75) is 53.9 Å². The molecule has 0 spiro atoms. The van der Waals surface area contributed by atoms with Gasteiger partial charge in [-0.3, -0.25) is 0 Å². The van der Waals surface area contributed by atoms with Gasteiger partial charge in [0.1, 0.15) is 17.5 Å². The SMILES string of the molecule is CCNc1nc(C(C)C)nc(NCC2CC2(C)C)c1C. The third-order valence-electron chi connectivity index (χ3n) is 4.26. The summed E-state index contributed by atoms with van der Waals surface area (Å²) in [6.07, 6.45) is 1.31. The highest BCUT2D eigenvalue weighted by Crippen LogP contribution is 2.51. The average Bonchev–Trinajstić information content (AvgIpc) is 2.98. The van der Waals surface area contributed by atoms with Crippen LogP contribution in [0, 0.1) is 18.3 Å². The third kappa shape index (κ3) is 3.22. The van der Waals surface area contributed by atoms with Gasteiger partial charge in [-0.2, -0.15) is 0 Å². The van der Waals surface area contributed by atoms with Crippen LogP contribution in [0.25, 0.3) is 0 Å². The van der Waals surface area contributed by atoms with E-state index in [1.165, 1.54) is 6.42 Å². The van der Waals surface area contributed by atoms with Gasteiger partial charge in [-0.25, -0.2) is 9.97 Å². The molecule has 1 aliphatic carbocycles. The predicted molar refractivity (Wildman–Crippen MR) is 85.4 cm³/mol. The Morgan fingerprint density at radius 2 is 1.75 bits per heavy atom. The number of anilines is 2. The minimum atomic E-state index is 0.339. The highest BCUT2D eigenvalue weighted by molar-refractivity contribution is 5.57. The molecule has 2 N–H and O–H groups in total. The Morgan fingerprint density at radius 1 is 1.20 bits per heavy atom. The molecule has 4 nitrogen and oxygen atoms in total. The van der Waals surface area contributed by atoms with Crippen molar-refractivity contribution in [3.8, 4) is 0 Å². The highest BCUT2D eigenvalue weighted by Gasteiger charge is 2.45. The number of hydrogen-bond acceptors (Lipinski definition) is 4. The van der Waals surface area contributed by atoms with E-state index in [2.05, 4.69) is 57.2 Å². The molecule has 0 amide bonds. The number of hydrogen-bond donors (Lipinski definition) is 2. The normalized spacial score (nSPS) is 20.1. The molecule has 4 heteroatoms. The van der Waals surface area contributed by atoms with Crippen LogP contribution < -0.4 is 10.6 Å². The third-order valence-corrected chi connectivity index (χ3v) is 4.26. The maximum absolute atomic E-state index is 4.70. The molecule has 1 atom stereocenters. The van der Waals surface area contributed by atoms with Crippen LogP contribution in [0.15, 0.2) is 0 Å². The van der Waals surface area contributed by atoms with Crippen molar-refractivity contribution >= 4 is 11.6 Å². The van der Waals surface area contributed by atoms with E-state index >= 15 is 0 Å². The van der Waals surface area contributed by atoms with E-state index in [9.17, 15) is 0 Å². The molecule has 1 aromatic rings. The van der Waals surface area contributed by atoms with Gasteiger partial charge in [-0.15, -0.1) is 0 Å². The fraction of sp³-hybridized carbons (Fsp3) is 0.750. The Hall–Kier alpha value is -1.32. The van der Waals surface area contributed by atoms with E-state index in [1.807, 2.05) is 0 Å². The van der Waals surface area contributed by atoms with Gasteiger partial charge in [0.25, 0.3) is 0 Å². The zero-order chi connectivity index (χ0) is 14.9. The van der Waals surface area contributed by atoms with Crippen LogP contribution in [0.3, 0.4) is 0 Å². The summed E-state index contributed by atoms with van der Waals surface area (Å²) in [7, 11) is 0. The zero-order valence-corrected chi connectivity index (χ0v) is 13.7. The predicted octanol–water partition coefficient (Wildman–Crippen LogP) is 3.80. The minimum Gasteiger partial charge on any atom is -0.370 e. The zero-order valence-electron chi connectivity index (χ0n) is 13.7. The number of nitrogens with one attached hydrogen (secondary N) is 2. The first-order chi connectivity index (χ1) is 9.35. The fourth-order valence-corrected chi connectivity index (χ4v) is 2.45. The maximum Gasteiger partial charge on any atom is 0.135 e. The van der Waals surface area contributed by atoms with Crippen LogP contribution in [0.2, 0.25) is 0 Å². The van der Waals surface area contributed by atoms with Gasteiger partial charge in [0.2, 0.25) is 0 Å². The molecule has 0 radical (unpaired) electrons. The summed E-state index contributed by atoms with van der Waals surface area (Å²) in [6, 6.07) is 0. The van der Waals surface area contributed by atoms with Crippen molar-refractivity contribution in [2.75, 3.05) is 23.7 Å². The maximum atomic E-state index is 4.70. The molecule has 2 rings (SSSR count). The molecule has 20 heavy (non-hydrogen) atoms. The van der Waals surface area contributed by atoms with Crippen LogP contribution in [0.5, 0.6) is 0 Å². The molecule has 1 fully saturated rings. The Labute approximate surface area is 122 Å². The van der Waals surface area contributed by atoms with Crippen LogP contribution in [-0.4, -0.2) is 23.1 Å². The molecule has 0 bridgehead atoms. The molecule has 1 aliphatic rings. The minimum absolute atomic E-state index is 0.339. The van der Waals surface area contributed by atoms with Gasteiger partial charge in [0, 0.05) is 24.6 Å². The molecule has 1 saturated carbocycles. The van der Waals surface area contributed by atoms with Gasteiger partial charge in [0.05, 0.1) is 0 Å². The largest absolute Gasteiger partial charge is 0.370 e. The van der Waals surface area contributed by atoms with Crippen molar-refractivity contribution in [3.05, 3.63) is 11.4 Å². The molecule has 1 aromatic heterocycles. The van der Waals surface area contributed by atoms with Gasteiger partial charge < -0.3 is 10.6 Å². The Bertz CT molecular complexity index is 480. The quantitative estimate of drug-likeness (QED) is 0.830. The van der Waals surface area contributed by atoms with Gasteiger partial charge in [0.15, 0.2) is 0 Å². The van der Waals surface area contributed by atoms with Crippen molar-refractivity contribution in [2.24, 2.45) is 11.3 Å². The van der Waals surface area contributed by atoms with Crippen molar-refractivity contribution < 1.29 is 0 Å². The second-order valence-electron chi connectivity index (χ2n) is 6.86. The molecule has 0 aliphatic heterocycles. The monoisotopic (exact) mass is 276 g/mol. The van der Waals surface area contributed by atoms with Gasteiger partial charge >= 0.3 is 0 Å². The van der Waals surface area contributed by atoms with E-state index in [0.717, 1.165) is 42.0 Å². The van der Waals surface area contributed by atoms with Crippen LogP contribution in [0.4, 0.5) is 11.6 Å². The first-order valence-corrected chi connectivity index (χ1v) is 7.71. The lowest BCUT2D eigenvalue weighted by Crippen LogP contribution is -2.14. The highest BCUT2D eigenvalue weighted by atomic mass is 15.1. The topological polar surface area (TPSA) is 49.8 Å². The van der Waals surface area contributed by atoms with Crippen molar-refractivity contribution in [3.63, 3.8) is 0 Å². The second-order valence-corrected chi connectivity index (χ2v) is 6.86. The summed E-state index contributed by atoms with van der Waals surface area (Å²) < 4.78 is 0. The summed E-state index contributed by atoms with van der Waals surface area (Å²) >= 11 is 0. The van der Waals surface area contributed by atoms with E-state index < -0.39 is 0 Å². The lowest BCUT2D eigenvalue weighted by molar-refractivity contribution is 0.572. The first kappa shape index (κ1) is 15.1. The fourth-order valence-electron chi connectivity index (χ4n) is 2.45. The molecule has 1 unspecified atom stereocenters. The van der Waals surface area contributed by atoms with Crippen molar-refractivity contribution in [1.29, 1.82) is 0 Å². The number of nitrogens with zero attached hydrogens (tertiary/aromatic N) is 2. The van der Waals surface area contributed by atoms with E-state index in [4.69, 9.17) is 4.98 Å². The molecule has 0 aromatic carbocycles. The molecular formula is C16H28N4. The Kier molecular flexibility index (Phi) is 4.21. The first-order valence-electron chi connectivity index (χ1n) is 7.71.